The number of phosphoric ester groups is 2. The van der Waals surface area contributed by atoms with Crippen LogP contribution in [0.3, 0.4) is 0 Å². The Morgan fingerprint density at radius 2 is 0.400 bits per heavy atom. The molecule has 19 heteroatoms. The summed E-state index contributed by atoms with van der Waals surface area (Å²) in [5.74, 6) is -2.10. The smallest absolute Gasteiger partial charge is 0.462 e. The van der Waals surface area contributed by atoms with E-state index < -0.39 is 97.5 Å². The van der Waals surface area contributed by atoms with E-state index in [9.17, 15) is 43.2 Å². The zero-order valence-corrected chi connectivity index (χ0v) is 67.0. The summed E-state index contributed by atoms with van der Waals surface area (Å²) in [6.45, 7) is 5.03. The minimum absolute atomic E-state index is 0.109. The third-order valence-corrected chi connectivity index (χ3v) is 21.0. The number of carbonyl (C=O) groups excluding carboxylic acids is 4. The van der Waals surface area contributed by atoms with Crippen molar-refractivity contribution in [1.29, 1.82) is 0 Å². The van der Waals surface area contributed by atoms with Crippen LogP contribution in [0.2, 0.25) is 0 Å². The first-order chi connectivity index (χ1) is 48.7. The molecular formula is C81H158O17P2. The van der Waals surface area contributed by atoms with Crippen molar-refractivity contribution in [1.82, 2.24) is 0 Å². The highest BCUT2D eigenvalue weighted by Gasteiger charge is 2.30. The van der Waals surface area contributed by atoms with Gasteiger partial charge in [-0.25, -0.2) is 9.13 Å². The lowest BCUT2D eigenvalue weighted by atomic mass is 10.0. The van der Waals surface area contributed by atoms with E-state index in [0.717, 1.165) is 89.9 Å². The highest BCUT2D eigenvalue weighted by Crippen LogP contribution is 2.45. The van der Waals surface area contributed by atoms with Gasteiger partial charge in [0.25, 0.3) is 0 Å². The highest BCUT2D eigenvalue weighted by molar-refractivity contribution is 7.47. The van der Waals surface area contributed by atoms with Gasteiger partial charge in [0.15, 0.2) is 12.2 Å². The molecule has 0 aromatic rings. The van der Waals surface area contributed by atoms with E-state index in [4.69, 9.17) is 37.0 Å². The Kier molecular flexibility index (Phi) is 73.8. The van der Waals surface area contributed by atoms with Crippen molar-refractivity contribution in [2.75, 3.05) is 39.6 Å². The van der Waals surface area contributed by atoms with Crippen molar-refractivity contribution >= 4 is 39.5 Å². The van der Waals surface area contributed by atoms with Gasteiger partial charge in [-0.3, -0.25) is 37.3 Å². The second-order valence-electron chi connectivity index (χ2n) is 29.2. The monoisotopic (exact) mass is 1470 g/mol. The maximum absolute atomic E-state index is 13.1. The fourth-order valence-corrected chi connectivity index (χ4v) is 14.2. The summed E-state index contributed by atoms with van der Waals surface area (Å²) in [4.78, 5) is 73.1. The molecule has 0 heterocycles. The van der Waals surface area contributed by atoms with Gasteiger partial charge >= 0.3 is 39.5 Å². The number of rotatable bonds is 82. The number of phosphoric acid groups is 2. The molecule has 0 aliphatic rings. The molecule has 0 radical (unpaired) electrons. The molecule has 0 aliphatic heterocycles. The van der Waals surface area contributed by atoms with Crippen molar-refractivity contribution in [3.05, 3.63) is 0 Å². The lowest BCUT2D eigenvalue weighted by Crippen LogP contribution is -2.30. The number of aliphatic hydroxyl groups excluding tert-OH is 1. The Hall–Kier alpha value is -1.94. The summed E-state index contributed by atoms with van der Waals surface area (Å²) in [6, 6.07) is 0. The summed E-state index contributed by atoms with van der Waals surface area (Å²) < 4.78 is 68.8. The van der Waals surface area contributed by atoms with Crippen molar-refractivity contribution in [3.8, 4) is 0 Å². The average molecular weight is 1470 g/mol. The number of esters is 4. The number of ether oxygens (including phenoxy) is 4. The molecule has 0 fully saturated rings. The van der Waals surface area contributed by atoms with Gasteiger partial charge in [-0.2, -0.15) is 0 Å². The normalized spacial score (nSPS) is 13.8. The molecule has 0 bridgehead atoms. The molecule has 0 rings (SSSR count). The molecule has 0 aliphatic carbocycles. The molecule has 0 spiro atoms. The topological polar surface area (TPSA) is 237 Å². The van der Waals surface area contributed by atoms with Gasteiger partial charge in [0.05, 0.1) is 26.4 Å². The van der Waals surface area contributed by atoms with Crippen molar-refractivity contribution in [2.24, 2.45) is 0 Å². The molecule has 0 aromatic carbocycles. The van der Waals surface area contributed by atoms with E-state index in [1.165, 1.54) is 270 Å². The van der Waals surface area contributed by atoms with Crippen LogP contribution in [0.15, 0.2) is 0 Å². The second kappa shape index (κ2) is 75.3. The van der Waals surface area contributed by atoms with E-state index in [1.54, 1.807) is 0 Å². The summed E-state index contributed by atoms with van der Waals surface area (Å²) in [5, 5.41) is 10.6. The van der Waals surface area contributed by atoms with E-state index in [-0.39, 0.29) is 25.7 Å². The third-order valence-electron chi connectivity index (χ3n) is 19.1. The first kappa shape index (κ1) is 98.1. The van der Waals surface area contributed by atoms with Crippen LogP contribution in [-0.2, 0) is 65.4 Å². The van der Waals surface area contributed by atoms with Crippen LogP contribution >= 0.6 is 15.6 Å². The van der Waals surface area contributed by atoms with Crippen LogP contribution in [0.4, 0.5) is 0 Å². The molecule has 0 saturated carbocycles. The molecule has 0 saturated heterocycles. The van der Waals surface area contributed by atoms with Crippen molar-refractivity contribution in [2.45, 2.75) is 457 Å². The Morgan fingerprint density at radius 1 is 0.240 bits per heavy atom. The molecule has 2 unspecified atom stereocenters. The van der Waals surface area contributed by atoms with Crippen LogP contribution in [0, 0.1) is 0 Å². The minimum Gasteiger partial charge on any atom is -0.462 e. The summed E-state index contributed by atoms with van der Waals surface area (Å²) in [6.07, 6.45) is 67.8. The maximum Gasteiger partial charge on any atom is 0.472 e. The molecule has 5 atom stereocenters. The molecular weight excluding hydrogens is 1310 g/mol. The van der Waals surface area contributed by atoms with E-state index in [1.807, 2.05) is 0 Å². The van der Waals surface area contributed by atoms with Crippen LogP contribution in [0.5, 0.6) is 0 Å². The van der Waals surface area contributed by atoms with Crippen LogP contribution < -0.4 is 0 Å². The Labute approximate surface area is 613 Å². The predicted octanol–water partition coefficient (Wildman–Crippen LogP) is 24.6. The number of hydrogen-bond acceptors (Lipinski definition) is 15. The summed E-state index contributed by atoms with van der Waals surface area (Å²) in [5.41, 5.74) is 0. The largest absolute Gasteiger partial charge is 0.472 e. The maximum atomic E-state index is 13.1. The number of unbranched alkanes of at least 4 members (excludes halogenated alkanes) is 56. The number of aliphatic hydroxyl groups is 1. The van der Waals surface area contributed by atoms with Crippen molar-refractivity contribution < 1.29 is 80.2 Å². The SMILES string of the molecule is CCCCCCCCCCCCCCCCCCCC(=O)OC[C@H](COP(=O)(O)OC[C@@H](O)COP(=O)(O)OC[C@@H](COC(=O)CCCCCCCCCCCCC)OC(=O)CCCCCCCCCCCCCCCCC)OC(=O)CCCCCCCCCCCCCCCCCCC. The van der Waals surface area contributed by atoms with Crippen LogP contribution in [0.1, 0.15) is 439 Å². The van der Waals surface area contributed by atoms with E-state index in [0.29, 0.717) is 25.7 Å². The zero-order chi connectivity index (χ0) is 73.2. The Balaban J connectivity index is 5.25. The van der Waals surface area contributed by atoms with Gasteiger partial charge < -0.3 is 33.8 Å². The lowest BCUT2D eigenvalue weighted by molar-refractivity contribution is -0.161. The second-order valence-corrected chi connectivity index (χ2v) is 32.1. The molecule has 594 valence electrons. The standard InChI is InChI=1S/C81H158O17P2/c1-5-9-13-17-21-25-29-32-35-37-40-42-46-50-54-58-62-66-79(84)92-72-77(98-81(86)68-64-60-56-52-48-44-41-38-36-33-30-26-22-18-14-10-6-2)74-96-100(89,90)94-70-75(82)69-93-99(87,88)95-73-76(71-91-78(83)65-61-57-53-49-45-28-24-20-16-12-8-4)97-80(85)67-63-59-55-51-47-43-39-34-31-27-23-19-15-11-7-3/h75-77,82H,5-74H2,1-4H3,(H,87,88)(H,89,90)/t75-,76+,77+/m0/s1. The molecule has 100 heavy (non-hydrogen) atoms. The summed E-state index contributed by atoms with van der Waals surface area (Å²) in [7, 11) is -9.92. The first-order valence-electron chi connectivity index (χ1n) is 42.3. The fraction of sp³-hybridized carbons (Fsp3) is 0.951. The van der Waals surface area contributed by atoms with Crippen molar-refractivity contribution in [3.63, 3.8) is 0 Å². The average Bonchev–Trinajstić information content (AvgIpc) is 0.938. The highest BCUT2D eigenvalue weighted by atomic mass is 31.2. The van der Waals surface area contributed by atoms with Gasteiger partial charge in [0.1, 0.15) is 19.3 Å². The minimum atomic E-state index is -4.96. The van der Waals surface area contributed by atoms with E-state index in [2.05, 4.69) is 27.7 Å². The lowest BCUT2D eigenvalue weighted by Gasteiger charge is -2.21. The predicted molar refractivity (Wildman–Crippen MR) is 409 cm³/mol. The van der Waals surface area contributed by atoms with Gasteiger partial charge in [-0.15, -0.1) is 0 Å². The van der Waals surface area contributed by atoms with Gasteiger partial charge in [-0.1, -0.05) is 387 Å². The Bertz CT molecular complexity index is 1890. The van der Waals surface area contributed by atoms with E-state index >= 15 is 0 Å². The number of hydrogen-bond donors (Lipinski definition) is 3. The van der Waals surface area contributed by atoms with Crippen LogP contribution in [-0.4, -0.2) is 96.7 Å². The zero-order valence-electron chi connectivity index (χ0n) is 65.2. The fourth-order valence-electron chi connectivity index (χ4n) is 12.6. The van der Waals surface area contributed by atoms with Gasteiger partial charge in [0.2, 0.25) is 0 Å². The Morgan fingerprint density at radius 3 is 0.590 bits per heavy atom. The summed E-state index contributed by atoms with van der Waals surface area (Å²) >= 11 is 0. The third kappa shape index (κ3) is 74.3. The van der Waals surface area contributed by atoms with Crippen LogP contribution in [0.25, 0.3) is 0 Å². The molecule has 0 aromatic heterocycles. The molecule has 3 N–H and O–H groups in total. The molecule has 17 nitrogen and oxygen atoms in total. The van der Waals surface area contributed by atoms with Gasteiger partial charge in [-0.05, 0) is 25.7 Å². The first-order valence-corrected chi connectivity index (χ1v) is 45.3. The molecule has 0 amide bonds. The number of carbonyl (C=O) groups is 4. The van der Waals surface area contributed by atoms with Gasteiger partial charge in [0, 0.05) is 25.7 Å². The quantitative estimate of drug-likeness (QED) is 0.0222.